The summed E-state index contributed by atoms with van der Waals surface area (Å²) in [6, 6.07) is 0. The van der Waals surface area contributed by atoms with Crippen LogP contribution in [0.1, 0.15) is 120 Å². The fourth-order valence-corrected chi connectivity index (χ4v) is 9.25. The number of rotatable bonds is 31. The number of hydrogen-bond donors (Lipinski definition) is 8. The number of carbonyl (C=O) groups is 6. The van der Waals surface area contributed by atoms with Gasteiger partial charge in [0.25, 0.3) is 15.6 Å². The molecule has 3 heterocycles. The second-order valence-electron chi connectivity index (χ2n) is 15.5. The number of ether oxygens (including phenoxy) is 1. The summed E-state index contributed by atoms with van der Waals surface area (Å²) in [7, 11) is -17.6. The third-order valence-electron chi connectivity index (χ3n) is 9.29. The third-order valence-corrected chi connectivity index (χ3v) is 13.2. The zero-order valence-corrected chi connectivity index (χ0v) is 40.6. The molecule has 0 saturated carbocycles. The molecule has 424 valence electrons. The first-order chi connectivity index (χ1) is 32.0. The molecule has 0 spiro atoms. The van der Waals surface area contributed by atoms with Gasteiger partial charge in [0.05, 0.1) is 27.4 Å². The number of carboxylic acids is 3. The highest BCUT2D eigenvalue weighted by atomic mass is 32.2. The lowest BCUT2D eigenvalue weighted by Crippen LogP contribution is -2.46. The predicted molar refractivity (Wildman–Crippen MR) is 254 cm³/mol. The van der Waals surface area contributed by atoms with Crippen molar-refractivity contribution in [1.82, 2.24) is 30.2 Å². The van der Waals surface area contributed by atoms with Crippen molar-refractivity contribution in [2.24, 2.45) is 5.41 Å². The predicted octanol–water partition coefficient (Wildman–Crippen LogP) is 0.822. The molecule has 73 heavy (non-hydrogen) atoms. The highest BCUT2D eigenvalue weighted by Crippen LogP contribution is 2.56. The lowest BCUT2D eigenvalue weighted by Gasteiger charge is -2.36. The summed E-state index contributed by atoms with van der Waals surface area (Å²) >= 11 is 1.01. The lowest BCUT2D eigenvalue weighted by molar-refractivity contribution is -0.347. The molecule has 30 nitrogen and oxygen atoms in total. The number of unbranched alkanes of at least 4 members (excludes halogenated alkanes) is 4. The van der Waals surface area contributed by atoms with Crippen LogP contribution in [-0.2, 0) is 65.1 Å². The van der Waals surface area contributed by atoms with E-state index in [1.807, 2.05) is 0 Å². The maximum absolute atomic E-state index is 12.5. The van der Waals surface area contributed by atoms with Crippen molar-refractivity contribution in [2.45, 2.75) is 145 Å². The van der Waals surface area contributed by atoms with Crippen LogP contribution in [0.15, 0.2) is 12.7 Å². The van der Waals surface area contributed by atoms with E-state index in [0.29, 0.717) is 38.5 Å². The molecule has 1 aliphatic rings. The summed E-state index contributed by atoms with van der Waals surface area (Å²) in [4.78, 5) is 126. The van der Waals surface area contributed by atoms with Gasteiger partial charge in [-0.1, -0.05) is 68.2 Å². The Bertz CT molecular complexity index is 2190. The SMILES string of the molecule is C.C.C.C.CC(C)(COP(=O)([O-])OP(=O)([O-])OCC1OC(n2cnc3c(N)ncnc32)C(O)C1OP(=O)([O-])[O-])C(O)C(=O)NCCC(=O)NCCSC(=O)CCCCCC(=O)O.O=C(O)CCCCCC(=O)O. The summed E-state index contributed by atoms with van der Waals surface area (Å²) in [5.41, 5.74) is 4.03. The molecule has 1 saturated heterocycles. The van der Waals surface area contributed by atoms with Crippen molar-refractivity contribution in [1.29, 1.82) is 0 Å². The first-order valence-corrected chi connectivity index (χ1v) is 26.0. The summed E-state index contributed by atoms with van der Waals surface area (Å²) in [5, 5.41) is 51.1. The maximum atomic E-state index is 12.5. The normalized spacial score (nSPS) is 18.3. The van der Waals surface area contributed by atoms with E-state index in [-0.39, 0.29) is 103 Å². The van der Waals surface area contributed by atoms with Gasteiger partial charge < -0.3 is 84.3 Å². The number of thioether (sulfide) groups is 1. The Hall–Kier alpha value is -4.03. The van der Waals surface area contributed by atoms with Gasteiger partial charge in [0.1, 0.15) is 36.3 Å². The second kappa shape index (κ2) is 34.5. The van der Waals surface area contributed by atoms with Crippen molar-refractivity contribution in [3.05, 3.63) is 12.7 Å². The zero-order chi connectivity index (χ0) is 52.2. The number of nitrogens with zero attached hydrogens (tertiary/aromatic N) is 4. The fraction of sp³-hybridized carbons (Fsp3) is 0.718. The fourth-order valence-electron chi connectivity index (χ4n) is 5.80. The van der Waals surface area contributed by atoms with Crippen molar-refractivity contribution in [2.75, 3.05) is 37.8 Å². The number of phosphoric acid groups is 3. The van der Waals surface area contributed by atoms with Crippen LogP contribution in [0.3, 0.4) is 0 Å². The maximum Gasteiger partial charge on any atom is 0.303 e. The van der Waals surface area contributed by atoms with E-state index in [1.54, 1.807) is 0 Å². The van der Waals surface area contributed by atoms with Crippen LogP contribution in [0.5, 0.6) is 0 Å². The Labute approximate surface area is 427 Å². The van der Waals surface area contributed by atoms with Gasteiger partial charge in [-0.25, -0.2) is 19.3 Å². The molecule has 0 aliphatic carbocycles. The van der Waals surface area contributed by atoms with Gasteiger partial charge in [-0.05, 0) is 25.7 Å². The van der Waals surface area contributed by atoms with Gasteiger partial charge in [-0.3, -0.25) is 42.5 Å². The molecular weight excluding hydrogens is 1060 g/mol. The molecule has 2 aromatic heterocycles. The van der Waals surface area contributed by atoms with Gasteiger partial charge in [-0.15, -0.1) is 0 Å². The van der Waals surface area contributed by atoms with Crippen LogP contribution in [0, 0.1) is 5.41 Å². The average molecular weight is 1130 g/mol. The minimum atomic E-state index is -5.93. The molecule has 0 aromatic carbocycles. The molecule has 0 bridgehead atoms. The number of aromatic nitrogens is 4. The molecule has 3 rings (SSSR count). The number of aliphatic hydroxyl groups is 2. The van der Waals surface area contributed by atoms with E-state index in [4.69, 9.17) is 25.8 Å². The van der Waals surface area contributed by atoms with Crippen LogP contribution < -0.4 is 35.9 Å². The first-order valence-electron chi connectivity index (χ1n) is 20.7. The number of nitrogens with two attached hydrogens (primary N) is 1. The van der Waals surface area contributed by atoms with E-state index >= 15 is 0 Å². The average Bonchev–Trinajstić information content (AvgIpc) is 3.80. The second-order valence-corrected chi connectivity index (χ2v) is 20.7. The molecule has 7 atom stereocenters. The van der Waals surface area contributed by atoms with E-state index in [2.05, 4.69) is 43.5 Å². The molecule has 9 N–H and O–H groups in total. The first kappa shape index (κ1) is 73.2. The van der Waals surface area contributed by atoms with Crippen LogP contribution in [0.2, 0.25) is 0 Å². The zero-order valence-electron chi connectivity index (χ0n) is 37.1. The van der Waals surface area contributed by atoms with E-state index in [1.165, 1.54) is 13.8 Å². The topological polar surface area (TPSA) is 487 Å². The number of anilines is 1. The number of hydrogen-bond acceptors (Lipinski definition) is 25. The van der Waals surface area contributed by atoms with Crippen LogP contribution in [0.4, 0.5) is 5.82 Å². The summed E-state index contributed by atoms with van der Waals surface area (Å²) in [5.74, 6) is -3.88. The van der Waals surface area contributed by atoms with Gasteiger partial charge in [-0.2, -0.15) is 0 Å². The Balaban J connectivity index is -0.00000291. The van der Waals surface area contributed by atoms with Crippen LogP contribution >= 0.6 is 35.2 Å². The van der Waals surface area contributed by atoms with Gasteiger partial charge in [0.2, 0.25) is 11.8 Å². The molecule has 0 radical (unpaired) electrons. The number of phosphoric ester groups is 3. The molecule has 2 amide bonds. The highest BCUT2D eigenvalue weighted by Gasteiger charge is 2.47. The minimum Gasteiger partial charge on any atom is -0.790 e. The number of aliphatic carboxylic acids is 3. The smallest absolute Gasteiger partial charge is 0.303 e. The number of amides is 2. The van der Waals surface area contributed by atoms with Crippen molar-refractivity contribution >= 4 is 87.0 Å². The highest BCUT2D eigenvalue weighted by molar-refractivity contribution is 8.13. The largest absolute Gasteiger partial charge is 0.790 e. The van der Waals surface area contributed by atoms with Gasteiger partial charge >= 0.3 is 17.9 Å². The van der Waals surface area contributed by atoms with Crippen molar-refractivity contribution in [3.63, 3.8) is 0 Å². The molecule has 2 aromatic rings. The molecular formula is C39H70N7O23P3S-4. The number of carbonyl (C=O) groups excluding carboxylic acids is 3. The summed E-state index contributed by atoms with van der Waals surface area (Å²) < 4.78 is 60.4. The van der Waals surface area contributed by atoms with Gasteiger partial charge in [0, 0.05) is 56.4 Å². The number of imidazole rings is 1. The lowest BCUT2D eigenvalue weighted by atomic mass is 9.87. The molecule has 1 fully saturated rings. The quantitative estimate of drug-likeness (QED) is 0.0383. The molecule has 34 heteroatoms. The molecule has 1 aliphatic heterocycles. The Morgan fingerprint density at radius 2 is 1.34 bits per heavy atom. The van der Waals surface area contributed by atoms with E-state index < -0.39 is 102 Å². The monoisotopic (exact) mass is 1130 g/mol. The summed E-state index contributed by atoms with van der Waals surface area (Å²) in [6.45, 7) is -0.0449. The van der Waals surface area contributed by atoms with E-state index in [0.717, 1.165) is 29.0 Å². The number of nitrogen functional groups attached to an aromatic ring is 1. The third kappa shape index (κ3) is 28.4. The van der Waals surface area contributed by atoms with Crippen LogP contribution in [0.25, 0.3) is 11.2 Å². The van der Waals surface area contributed by atoms with Gasteiger partial charge in [0.15, 0.2) is 22.8 Å². The molecule has 7 unspecified atom stereocenters. The Kier molecular flexibility index (Phi) is 34.6. The van der Waals surface area contributed by atoms with Crippen molar-refractivity contribution in [3.8, 4) is 0 Å². The standard InChI is InChI=1S/C28H46N7O19P3S.C7H12O4.4CH4/c1-28(2,23(41)26(42)31-9-8-17(36)30-10-11-58-19(39)7-5-3-4-6-18(37)38)13-51-57(48,49)54-56(46,47)50-12-16-22(53-55(43,44)45)21(40)27(52-16)35-15-34-20-24(29)32-14-33-25(20)35;8-6(9)4-2-1-3-5-7(10)11;;;;/h14-16,21-23,27,40-41H,3-13H2,1-2H3,(H,30,36)(H,31,42)(H,37,38)(H,46,47)(H,48,49)(H2,29,32,33)(H2,43,44,45);1-5H2,(H,8,9)(H,10,11);4*1H4/p-4. The number of carboxylic acid groups (broad SMARTS) is 3. The van der Waals surface area contributed by atoms with Crippen molar-refractivity contribution < 1.29 is 110 Å². The number of fused-ring (bicyclic) bond motifs is 1. The van der Waals surface area contributed by atoms with E-state index in [9.17, 15) is 72.2 Å². The minimum absolute atomic E-state index is 0. The van der Waals surface area contributed by atoms with Crippen LogP contribution in [-0.4, -0.2) is 136 Å². The summed E-state index contributed by atoms with van der Waals surface area (Å²) in [6.07, 6.45) is -3.67. The Morgan fingerprint density at radius 1 is 0.808 bits per heavy atom. The Morgan fingerprint density at radius 3 is 1.88 bits per heavy atom. The number of nitrogens with one attached hydrogen (secondary N) is 2. The number of aliphatic hydroxyl groups excluding tert-OH is 2.